The second kappa shape index (κ2) is 11.7. The Hall–Kier alpha value is -4.81. The number of aliphatic hydroxyl groups excluding tert-OH is 1. The number of carbonyl (C=O) groups excluding carboxylic acids is 3. The quantitative estimate of drug-likeness (QED) is 0.0595. The lowest BCUT2D eigenvalue weighted by atomic mass is 9.95. The Balaban J connectivity index is 1.44. The van der Waals surface area contributed by atoms with Crippen molar-refractivity contribution in [3.63, 3.8) is 0 Å². The maximum Gasteiger partial charge on any atom is 0.337 e. The number of pyridine rings is 1. The first kappa shape index (κ1) is 29.3. The lowest BCUT2D eigenvalue weighted by Crippen LogP contribution is -2.29. The van der Waals surface area contributed by atoms with E-state index in [2.05, 4.69) is 15.2 Å². The maximum absolute atomic E-state index is 13.7. The number of aliphatic hydroxyl groups is 1. The van der Waals surface area contributed by atoms with Crippen LogP contribution >= 0.6 is 23.1 Å². The number of nitrogens with zero attached hydrogens (tertiary/aromatic N) is 5. The number of esters is 1. The number of carbonyl (C=O) groups is 3. The Morgan fingerprint density at radius 1 is 1.02 bits per heavy atom. The van der Waals surface area contributed by atoms with Crippen molar-refractivity contribution in [1.29, 1.82) is 0 Å². The van der Waals surface area contributed by atoms with Crippen molar-refractivity contribution in [2.45, 2.75) is 36.9 Å². The Kier molecular flexibility index (Phi) is 7.78. The van der Waals surface area contributed by atoms with Crippen LogP contribution in [0.2, 0.25) is 0 Å². The molecule has 6 rings (SSSR count). The van der Waals surface area contributed by atoms with Crippen molar-refractivity contribution < 1.29 is 24.2 Å². The van der Waals surface area contributed by atoms with Gasteiger partial charge < -0.3 is 14.2 Å². The predicted molar refractivity (Wildman–Crippen MR) is 168 cm³/mol. The number of fused-ring (bicyclic) bond motifs is 1. The van der Waals surface area contributed by atoms with E-state index in [4.69, 9.17) is 4.74 Å². The van der Waals surface area contributed by atoms with Gasteiger partial charge in [-0.3, -0.25) is 14.5 Å². The molecule has 1 fully saturated rings. The normalized spacial score (nSPS) is 16.2. The van der Waals surface area contributed by atoms with Crippen molar-refractivity contribution in [3.05, 3.63) is 112 Å². The van der Waals surface area contributed by atoms with Gasteiger partial charge in [0.25, 0.3) is 5.78 Å². The van der Waals surface area contributed by atoms with Crippen molar-refractivity contribution in [3.8, 4) is 0 Å². The molecule has 0 spiro atoms. The van der Waals surface area contributed by atoms with Gasteiger partial charge in [-0.2, -0.15) is 0 Å². The van der Waals surface area contributed by atoms with Crippen LogP contribution in [0.1, 0.15) is 50.0 Å². The van der Waals surface area contributed by atoms with Gasteiger partial charge in [-0.1, -0.05) is 71.1 Å². The molecule has 222 valence electrons. The first-order valence-electron chi connectivity index (χ1n) is 13.6. The van der Waals surface area contributed by atoms with Crippen LogP contribution in [0.3, 0.4) is 0 Å². The number of thioether (sulfide) groups is 1. The number of rotatable bonds is 7. The van der Waals surface area contributed by atoms with Gasteiger partial charge in [-0.05, 0) is 55.7 Å². The molecule has 5 aromatic rings. The number of imidazole rings is 1. The number of amides is 1. The number of hydrogen-bond acceptors (Lipinski definition) is 10. The minimum absolute atomic E-state index is 0.131. The molecule has 3 aromatic heterocycles. The zero-order valence-corrected chi connectivity index (χ0v) is 25.9. The highest BCUT2D eigenvalue weighted by molar-refractivity contribution is 8.00. The van der Waals surface area contributed by atoms with Gasteiger partial charge in [-0.25, -0.2) is 9.78 Å². The first-order chi connectivity index (χ1) is 21.2. The average molecular weight is 626 g/mol. The molecule has 2 aromatic carbocycles. The van der Waals surface area contributed by atoms with Gasteiger partial charge in [0.15, 0.2) is 10.1 Å². The summed E-state index contributed by atoms with van der Waals surface area (Å²) in [6.45, 7) is 5.71. The second-order valence-electron chi connectivity index (χ2n) is 10.3. The number of hydrogen-bond donors (Lipinski definition) is 1. The average Bonchev–Trinajstić information content (AvgIpc) is 3.71. The van der Waals surface area contributed by atoms with E-state index in [1.165, 1.54) is 40.7 Å². The molecule has 0 bridgehead atoms. The second-order valence-corrected chi connectivity index (χ2v) is 12.5. The number of methoxy groups -OCH3 is 1. The summed E-state index contributed by atoms with van der Waals surface area (Å²) in [5.74, 6) is -1.99. The monoisotopic (exact) mass is 625 g/mol. The highest BCUT2D eigenvalue weighted by Gasteiger charge is 2.49. The third kappa shape index (κ3) is 5.16. The first-order valence-corrected chi connectivity index (χ1v) is 15.4. The van der Waals surface area contributed by atoms with Crippen LogP contribution in [0.25, 0.3) is 11.4 Å². The summed E-state index contributed by atoms with van der Waals surface area (Å²) in [4.78, 5) is 45.3. The summed E-state index contributed by atoms with van der Waals surface area (Å²) in [6.07, 6.45) is 1.82. The Bertz CT molecular complexity index is 1960. The topological polar surface area (TPSA) is 127 Å². The summed E-state index contributed by atoms with van der Waals surface area (Å²) in [7, 11) is 1.29. The molecule has 1 aliphatic heterocycles. The van der Waals surface area contributed by atoms with Gasteiger partial charge in [0.1, 0.15) is 11.3 Å². The van der Waals surface area contributed by atoms with Gasteiger partial charge in [0, 0.05) is 11.9 Å². The molecule has 0 radical (unpaired) electrons. The van der Waals surface area contributed by atoms with Crippen molar-refractivity contribution >= 4 is 57.3 Å². The fourth-order valence-corrected chi connectivity index (χ4v) is 6.95. The molecule has 12 heteroatoms. The van der Waals surface area contributed by atoms with E-state index in [1.807, 2.05) is 60.8 Å². The maximum atomic E-state index is 13.7. The van der Waals surface area contributed by atoms with E-state index < -0.39 is 29.5 Å². The largest absolute Gasteiger partial charge is 0.505 e. The predicted octanol–water partition coefficient (Wildman–Crippen LogP) is 5.82. The molecule has 0 saturated carbocycles. The van der Waals surface area contributed by atoms with Crippen LogP contribution in [-0.2, 0) is 20.1 Å². The molecule has 1 atom stereocenters. The molecule has 4 heterocycles. The Morgan fingerprint density at radius 2 is 1.75 bits per heavy atom. The summed E-state index contributed by atoms with van der Waals surface area (Å²) in [5.41, 5.74) is 5.24. The molecular formula is C32H27N5O5S2. The molecule has 44 heavy (non-hydrogen) atoms. The number of anilines is 1. The fourth-order valence-electron chi connectivity index (χ4n) is 5.13. The van der Waals surface area contributed by atoms with Crippen molar-refractivity contribution in [2.24, 2.45) is 0 Å². The van der Waals surface area contributed by atoms with Gasteiger partial charge in [0.05, 0.1) is 30.0 Å². The number of aromatic nitrogens is 4. The van der Waals surface area contributed by atoms with Gasteiger partial charge in [-0.15, -0.1) is 10.2 Å². The zero-order chi connectivity index (χ0) is 31.1. The van der Waals surface area contributed by atoms with Crippen molar-refractivity contribution in [1.82, 2.24) is 19.6 Å². The fraction of sp³-hybridized carbons (Fsp3) is 0.188. The van der Waals surface area contributed by atoms with Crippen molar-refractivity contribution in [2.75, 3.05) is 12.0 Å². The highest BCUT2D eigenvalue weighted by Crippen LogP contribution is 2.44. The Morgan fingerprint density at radius 3 is 2.43 bits per heavy atom. The van der Waals surface area contributed by atoms with Crippen LogP contribution in [0, 0.1) is 20.8 Å². The van der Waals surface area contributed by atoms with Gasteiger partial charge in [0.2, 0.25) is 5.13 Å². The molecule has 10 nitrogen and oxygen atoms in total. The highest BCUT2D eigenvalue weighted by atomic mass is 32.2. The van der Waals surface area contributed by atoms with E-state index >= 15 is 0 Å². The lowest BCUT2D eigenvalue weighted by molar-refractivity contribution is -0.132. The summed E-state index contributed by atoms with van der Waals surface area (Å²) >= 11 is 2.65. The molecule has 1 N–H and O–H groups in total. The van der Waals surface area contributed by atoms with E-state index in [1.54, 1.807) is 31.2 Å². The minimum atomic E-state index is -1.05. The number of ether oxygens (including phenoxy) is 1. The summed E-state index contributed by atoms with van der Waals surface area (Å²) < 4.78 is 7.26. The Labute approximate surface area is 261 Å². The third-order valence-electron chi connectivity index (χ3n) is 7.49. The van der Waals surface area contributed by atoms with Crippen LogP contribution in [0.15, 0.2) is 76.8 Å². The van der Waals surface area contributed by atoms with E-state index in [0.29, 0.717) is 32.6 Å². The van der Waals surface area contributed by atoms with Crippen LogP contribution in [0.4, 0.5) is 5.13 Å². The van der Waals surface area contributed by atoms with Crippen LogP contribution < -0.4 is 4.90 Å². The molecule has 1 saturated heterocycles. The SMILES string of the molecule is COC(=O)c1ccc(C2C(=C(O)c3nc4c(C)cccn4c3C)C(=O)C(=O)N2c2nnc(SCc3ccc(C)cc3)s2)cc1. The van der Waals surface area contributed by atoms with Crippen LogP contribution in [-0.4, -0.2) is 49.5 Å². The smallest absolute Gasteiger partial charge is 0.337 e. The number of ketones is 1. The minimum Gasteiger partial charge on any atom is -0.505 e. The molecule has 1 amide bonds. The van der Waals surface area contributed by atoms with E-state index in [-0.39, 0.29) is 16.4 Å². The lowest BCUT2D eigenvalue weighted by Gasteiger charge is -2.22. The van der Waals surface area contributed by atoms with Gasteiger partial charge >= 0.3 is 11.9 Å². The molecular weight excluding hydrogens is 599 g/mol. The zero-order valence-electron chi connectivity index (χ0n) is 24.3. The molecule has 0 aliphatic carbocycles. The standard InChI is InChI=1S/C32H27N5O5S2/c1-17-7-9-20(10-8-17)16-43-32-35-34-31(44-32)37-25(21-11-13-22(14-12-21)30(41)42-4)23(27(39)29(37)40)26(38)24-19(3)36-15-5-6-18(2)28(36)33-24/h5-15,25,38H,16H2,1-4H3. The molecule has 1 aliphatic rings. The third-order valence-corrected chi connectivity index (χ3v) is 9.61. The van der Waals surface area contributed by atoms with E-state index in [0.717, 1.165) is 11.1 Å². The number of benzene rings is 2. The number of Topliss-reactive ketones (excluding diaryl/α,β-unsaturated/α-hetero) is 1. The summed E-state index contributed by atoms with van der Waals surface area (Å²) in [5, 5.41) is 20.5. The molecule has 1 unspecified atom stereocenters. The van der Waals surface area contributed by atoms with Crippen LogP contribution in [0.5, 0.6) is 0 Å². The van der Waals surface area contributed by atoms with E-state index in [9.17, 15) is 19.5 Å². The number of aryl methyl sites for hydroxylation is 3. The summed E-state index contributed by atoms with van der Waals surface area (Å²) in [6, 6.07) is 17.2.